The second-order valence-electron chi connectivity index (χ2n) is 6.01. The molecular formula is C19H14F2N4O2S. The highest BCUT2D eigenvalue weighted by molar-refractivity contribution is 7.22. The number of aromatic nitrogens is 3. The van der Waals surface area contributed by atoms with Gasteiger partial charge >= 0.3 is 6.61 Å². The van der Waals surface area contributed by atoms with Crippen molar-refractivity contribution in [3.8, 4) is 17.0 Å². The molecule has 0 aliphatic heterocycles. The van der Waals surface area contributed by atoms with Gasteiger partial charge in [-0.2, -0.15) is 13.9 Å². The lowest BCUT2D eigenvalue weighted by Gasteiger charge is -2.02. The molecule has 4 aromatic rings. The van der Waals surface area contributed by atoms with Gasteiger partial charge in [0, 0.05) is 5.56 Å². The molecule has 2 aromatic heterocycles. The van der Waals surface area contributed by atoms with Crippen molar-refractivity contribution in [3.05, 3.63) is 59.8 Å². The number of rotatable bonds is 5. The summed E-state index contributed by atoms with van der Waals surface area (Å²) in [6.07, 6.45) is 0. The fraction of sp³-hybridized carbons (Fsp3) is 0.105. The molecule has 2 heterocycles. The molecule has 0 radical (unpaired) electrons. The monoisotopic (exact) mass is 400 g/mol. The highest BCUT2D eigenvalue weighted by Crippen LogP contribution is 2.30. The number of halogens is 2. The second kappa shape index (κ2) is 7.35. The van der Waals surface area contributed by atoms with E-state index in [1.165, 1.54) is 12.1 Å². The summed E-state index contributed by atoms with van der Waals surface area (Å²) in [6.45, 7) is -0.902. The van der Waals surface area contributed by atoms with Crippen molar-refractivity contribution >= 4 is 32.6 Å². The standard InChI is InChI=1S/C19H14F2N4O2S/c1-10-2-4-11(5-3-10)14-9-15(25-24-14)17(26)23-19-22-13-7-6-12(27-18(20)21)8-16(13)28-19/h2-9,18H,1H3,(H,24,25)(H,22,23,26). The highest BCUT2D eigenvalue weighted by atomic mass is 32.1. The molecular weight excluding hydrogens is 386 g/mol. The van der Waals surface area contributed by atoms with Gasteiger partial charge in [0.25, 0.3) is 5.91 Å². The van der Waals surface area contributed by atoms with Crippen molar-refractivity contribution in [3.63, 3.8) is 0 Å². The van der Waals surface area contributed by atoms with E-state index in [9.17, 15) is 13.6 Å². The number of ether oxygens (including phenoxy) is 1. The van der Waals surface area contributed by atoms with Gasteiger partial charge in [-0.05, 0) is 31.2 Å². The maximum Gasteiger partial charge on any atom is 0.387 e. The van der Waals surface area contributed by atoms with E-state index in [1.54, 1.807) is 12.1 Å². The van der Waals surface area contributed by atoms with Gasteiger partial charge in [-0.3, -0.25) is 15.2 Å². The molecule has 0 bridgehead atoms. The van der Waals surface area contributed by atoms with Crippen LogP contribution in [-0.2, 0) is 0 Å². The van der Waals surface area contributed by atoms with E-state index in [0.29, 0.717) is 21.0 Å². The van der Waals surface area contributed by atoms with Crippen LogP contribution in [0.5, 0.6) is 5.75 Å². The fourth-order valence-corrected chi connectivity index (χ4v) is 3.50. The summed E-state index contributed by atoms with van der Waals surface area (Å²) in [5, 5.41) is 9.92. The summed E-state index contributed by atoms with van der Waals surface area (Å²) < 4.78 is 29.7. The molecule has 0 aliphatic rings. The Morgan fingerprint density at radius 3 is 2.71 bits per heavy atom. The molecule has 9 heteroatoms. The number of carbonyl (C=O) groups excluding carboxylic acids is 1. The topological polar surface area (TPSA) is 79.9 Å². The Bertz CT molecular complexity index is 1140. The summed E-state index contributed by atoms with van der Waals surface area (Å²) in [5.74, 6) is -0.352. The number of hydrogen-bond donors (Lipinski definition) is 2. The quantitative estimate of drug-likeness (QED) is 0.502. The zero-order valence-electron chi connectivity index (χ0n) is 14.6. The second-order valence-corrected chi connectivity index (χ2v) is 7.04. The molecule has 0 aliphatic carbocycles. The van der Waals surface area contributed by atoms with Crippen LogP contribution in [0.2, 0.25) is 0 Å². The number of fused-ring (bicyclic) bond motifs is 1. The first-order valence-corrected chi connectivity index (χ1v) is 9.09. The van der Waals surface area contributed by atoms with Crippen LogP contribution in [0.3, 0.4) is 0 Å². The van der Waals surface area contributed by atoms with E-state index < -0.39 is 12.5 Å². The Balaban J connectivity index is 1.51. The van der Waals surface area contributed by atoms with Crippen LogP contribution >= 0.6 is 11.3 Å². The number of carbonyl (C=O) groups is 1. The average molecular weight is 400 g/mol. The fourth-order valence-electron chi connectivity index (χ4n) is 2.61. The van der Waals surface area contributed by atoms with Crippen LogP contribution < -0.4 is 10.1 Å². The van der Waals surface area contributed by atoms with Gasteiger partial charge in [-0.1, -0.05) is 41.2 Å². The first-order chi connectivity index (χ1) is 13.5. The molecule has 0 saturated heterocycles. The summed E-state index contributed by atoms with van der Waals surface area (Å²) in [7, 11) is 0. The van der Waals surface area contributed by atoms with Crippen LogP contribution in [0.15, 0.2) is 48.5 Å². The van der Waals surface area contributed by atoms with Crippen molar-refractivity contribution in [1.82, 2.24) is 15.2 Å². The Kier molecular flexibility index (Phi) is 4.74. The summed E-state index contributed by atoms with van der Waals surface area (Å²) in [5.41, 5.74) is 3.55. The number of nitrogens with zero attached hydrogens (tertiary/aromatic N) is 2. The van der Waals surface area contributed by atoms with E-state index in [1.807, 2.05) is 31.2 Å². The molecule has 1 amide bonds. The van der Waals surface area contributed by atoms with Crippen LogP contribution in [-0.4, -0.2) is 27.7 Å². The van der Waals surface area contributed by atoms with Crippen molar-refractivity contribution in [2.75, 3.05) is 5.32 Å². The Morgan fingerprint density at radius 1 is 1.18 bits per heavy atom. The first-order valence-electron chi connectivity index (χ1n) is 8.27. The van der Waals surface area contributed by atoms with E-state index in [0.717, 1.165) is 22.5 Å². The normalized spacial score (nSPS) is 11.1. The maximum absolute atomic E-state index is 12.5. The number of thiazole rings is 1. The van der Waals surface area contributed by atoms with Crippen molar-refractivity contribution in [2.24, 2.45) is 0 Å². The van der Waals surface area contributed by atoms with Crippen LogP contribution in [0.4, 0.5) is 13.9 Å². The predicted octanol–water partition coefficient (Wildman–Crippen LogP) is 4.85. The van der Waals surface area contributed by atoms with Gasteiger partial charge in [0.2, 0.25) is 0 Å². The van der Waals surface area contributed by atoms with Gasteiger partial charge in [-0.25, -0.2) is 4.98 Å². The van der Waals surface area contributed by atoms with E-state index >= 15 is 0 Å². The Hall–Kier alpha value is -3.33. The largest absolute Gasteiger partial charge is 0.435 e. The lowest BCUT2D eigenvalue weighted by atomic mass is 10.1. The highest BCUT2D eigenvalue weighted by Gasteiger charge is 2.14. The number of H-pyrrole nitrogens is 1. The van der Waals surface area contributed by atoms with Crippen LogP contribution in [0, 0.1) is 6.92 Å². The van der Waals surface area contributed by atoms with Crippen molar-refractivity contribution < 1.29 is 18.3 Å². The van der Waals surface area contributed by atoms with Gasteiger partial charge < -0.3 is 4.74 Å². The van der Waals surface area contributed by atoms with Crippen molar-refractivity contribution in [1.29, 1.82) is 0 Å². The zero-order valence-corrected chi connectivity index (χ0v) is 15.4. The van der Waals surface area contributed by atoms with Crippen molar-refractivity contribution in [2.45, 2.75) is 13.5 Å². The van der Waals surface area contributed by atoms with E-state index in [2.05, 4.69) is 25.2 Å². The molecule has 0 unspecified atom stereocenters. The summed E-state index contributed by atoms with van der Waals surface area (Å²) >= 11 is 1.16. The average Bonchev–Trinajstić information content (AvgIpc) is 3.28. The van der Waals surface area contributed by atoms with Gasteiger partial charge in [0.05, 0.1) is 15.9 Å². The van der Waals surface area contributed by atoms with E-state index in [4.69, 9.17) is 0 Å². The lowest BCUT2D eigenvalue weighted by Crippen LogP contribution is -2.11. The van der Waals surface area contributed by atoms with Gasteiger partial charge in [0.1, 0.15) is 11.4 Å². The molecule has 142 valence electrons. The number of alkyl halides is 2. The van der Waals surface area contributed by atoms with Crippen LogP contribution in [0.1, 0.15) is 16.1 Å². The van der Waals surface area contributed by atoms with E-state index in [-0.39, 0.29) is 11.4 Å². The molecule has 0 atom stereocenters. The summed E-state index contributed by atoms with van der Waals surface area (Å²) in [4.78, 5) is 16.7. The number of benzene rings is 2. The number of nitrogens with one attached hydrogen (secondary N) is 2. The SMILES string of the molecule is Cc1ccc(-c2cc(C(=O)Nc3nc4ccc(OC(F)F)cc4s3)[nH]n2)cc1. The zero-order chi connectivity index (χ0) is 19.7. The molecule has 2 N–H and O–H groups in total. The molecule has 4 rings (SSSR count). The molecule has 0 spiro atoms. The number of anilines is 1. The lowest BCUT2D eigenvalue weighted by molar-refractivity contribution is -0.0497. The smallest absolute Gasteiger partial charge is 0.387 e. The molecule has 6 nitrogen and oxygen atoms in total. The predicted molar refractivity (Wildman–Crippen MR) is 103 cm³/mol. The third-order valence-electron chi connectivity index (χ3n) is 3.98. The minimum atomic E-state index is -2.90. The minimum absolute atomic E-state index is 0.0420. The maximum atomic E-state index is 12.5. The molecule has 2 aromatic carbocycles. The molecule has 28 heavy (non-hydrogen) atoms. The third-order valence-corrected chi connectivity index (χ3v) is 4.91. The first kappa shape index (κ1) is 18.1. The Labute approximate surface area is 162 Å². The summed E-state index contributed by atoms with van der Waals surface area (Å²) in [6, 6.07) is 13.9. The van der Waals surface area contributed by atoms with Gasteiger partial charge in [-0.15, -0.1) is 0 Å². The van der Waals surface area contributed by atoms with Gasteiger partial charge in [0.15, 0.2) is 5.13 Å². The number of hydrogen-bond acceptors (Lipinski definition) is 5. The molecule has 0 saturated carbocycles. The third kappa shape index (κ3) is 3.84. The number of aromatic amines is 1. The Morgan fingerprint density at radius 2 is 1.96 bits per heavy atom. The number of amides is 1. The van der Waals surface area contributed by atoms with Crippen LogP contribution in [0.25, 0.3) is 21.5 Å². The number of aryl methyl sites for hydroxylation is 1. The molecule has 0 fully saturated rings. The minimum Gasteiger partial charge on any atom is -0.435 e.